The molecule has 1 fully saturated rings. The number of carbonyl (C=O) groups is 1. The molecule has 1 aliphatic rings. The Hall–Kier alpha value is -3.07. The summed E-state index contributed by atoms with van der Waals surface area (Å²) >= 11 is 5.82. The van der Waals surface area contributed by atoms with E-state index in [9.17, 15) is 22.4 Å². The summed E-state index contributed by atoms with van der Waals surface area (Å²) in [5, 5.41) is 7.48. The first-order valence-corrected chi connectivity index (χ1v) is 10.3. The number of piperidine rings is 1. The Morgan fingerprint density at radius 2 is 1.66 bits per heavy atom. The normalized spacial score (nSPS) is 15.1. The van der Waals surface area contributed by atoms with Crippen LogP contribution in [0.4, 0.5) is 23.2 Å². The SMILES string of the molecule is O=C(c1cnn(-c2ccc(Cl)cc2)c1C(F)(F)F)N1CCC(Nc2ccc(F)cc2)CC1. The molecule has 1 aliphatic heterocycles. The zero-order valence-corrected chi connectivity index (χ0v) is 17.5. The summed E-state index contributed by atoms with van der Waals surface area (Å²) in [6.07, 6.45) is -2.71. The first-order valence-electron chi connectivity index (χ1n) is 9.95. The van der Waals surface area contributed by atoms with Crippen molar-refractivity contribution < 1.29 is 22.4 Å². The van der Waals surface area contributed by atoms with Gasteiger partial charge in [-0.25, -0.2) is 9.07 Å². The van der Waals surface area contributed by atoms with E-state index in [1.54, 1.807) is 12.1 Å². The molecule has 1 N–H and O–H groups in total. The third-order valence-electron chi connectivity index (χ3n) is 5.34. The van der Waals surface area contributed by atoms with Gasteiger partial charge in [-0.1, -0.05) is 11.6 Å². The van der Waals surface area contributed by atoms with E-state index in [-0.39, 0.29) is 17.5 Å². The number of amides is 1. The molecule has 0 bridgehead atoms. The summed E-state index contributed by atoms with van der Waals surface area (Å²) in [5.74, 6) is -1.05. The minimum atomic E-state index is -4.77. The Balaban J connectivity index is 1.50. The van der Waals surface area contributed by atoms with Gasteiger partial charge in [0.05, 0.1) is 17.4 Å². The highest BCUT2D eigenvalue weighted by molar-refractivity contribution is 6.30. The molecule has 1 amide bonds. The van der Waals surface area contributed by atoms with Crippen molar-refractivity contribution in [3.63, 3.8) is 0 Å². The number of likely N-dealkylation sites (tertiary alicyclic amines) is 1. The van der Waals surface area contributed by atoms with Gasteiger partial charge >= 0.3 is 6.18 Å². The van der Waals surface area contributed by atoms with E-state index in [0.717, 1.165) is 11.9 Å². The number of nitrogens with zero attached hydrogens (tertiary/aromatic N) is 3. The van der Waals surface area contributed by atoms with E-state index in [0.29, 0.717) is 35.6 Å². The highest BCUT2D eigenvalue weighted by Gasteiger charge is 2.41. The standard InChI is InChI=1S/C22H19ClF4N4O/c23-14-1-7-18(8-2-14)31-20(22(25,26)27)19(13-28-31)21(32)30-11-9-17(10-12-30)29-16-5-3-15(24)4-6-16/h1-8,13,17,29H,9-12H2. The van der Waals surface area contributed by atoms with Crippen LogP contribution in [0.2, 0.25) is 5.02 Å². The average Bonchev–Trinajstić information content (AvgIpc) is 3.22. The molecular weight excluding hydrogens is 448 g/mol. The van der Waals surface area contributed by atoms with Gasteiger partial charge < -0.3 is 10.2 Å². The van der Waals surface area contributed by atoms with E-state index in [2.05, 4.69) is 10.4 Å². The molecule has 4 rings (SSSR count). The minimum absolute atomic E-state index is 0.0309. The lowest BCUT2D eigenvalue weighted by Crippen LogP contribution is -2.42. The molecule has 0 radical (unpaired) electrons. The molecule has 0 atom stereocenters. The first kappa shape index (κ1) is 22.1. The smallest absolute Gasteiger partial charge is 0.382 e. The molecule has 1 aromatic heterocycles. The van der Waals surface area contributed by atoms with Gasteiger partial charge in [-0.3, -0.25) is 4.79 Å². The number of nitrogens with one attached hydrogen (secondary N) is 1. The number of alkyl halides is 3. The van der Waals surface area contributed by atoms with Crippen LogP contribution in [-0.4, -0.2) is 39.7 Å². The van der Waals surface area contributed by atoms with Crippen molar-refractivity contribution in [1.82, 2.24) is 14.7 Å². The highest BCUT2D eigenvalue weighted by Crippen LogP contribution is 2.34. The molecule has 0 aliphatic carbocycles. The zero-order chi connectivity index (χ0) is 22.9. The number of rotatable bonds is 4. The molecule has 1 saturated heterocycles. The number of carbonyl (C=O) groups excluding carboxylic acids is 1. The molecule has 0 unspecified atom stereocenters. The number of hydrogen-bond donors (Lipinski definition) is 1. The predicted molar refractivity (Wildman–Crippen MR) is 113 cm³/mol. The Labute approximate surface area is 186 Å². The third kappa shape index (κ3) is 4.72. The maximum Gasteiger partial charge on any atom is 0.434 e. The fraction of sp³-hybridized carbons (Fsp3) is 0.273. The Morgan fingerprint density at radius 3 is 2.25 bits per heavy atom. The van der Waals surface area contributed by atoms with Crippen LogP contribution in [0, 0.1) is 5.82 Å². The maximum absolute atomic E-state index is 13.9. The molecule has 0 spiro atoms. The molecule has 32 heavy (non-hydrogen) atoms. The summed E-state index contributed by atoms with van der Waals surface area (Å²) in [6.45, 7) is 0.586. The quantitative estimate of drug-likeness (QED) is 0.524. The fourth-order valence-electron chi connectivity index (χ4n) is 3.73. The molecule has 5 nitrogen and oxygen atoms in total. The minimum Gasteiger partial charge on any atom is -0.382 e. The number of benzene rings is 2. The Bertz CT molecular complexity index is 1090. The average molecular weight is 467 g/mol. The molecular formula is C22H19ClF4N4O. The van der Waals surface area contributed by atoms with Crippen LogP contribution in [0.5, 0.6) is 0 Å². The summed E-state index contributed by atoms with van der Waals surface area (Å²) in [4.78, 5) is 14.4. The van der Waals surface area contributed by atoms with Crippen LogP contribution in [0.3, 0.4) is 0 Å². The fourth-order valence-corrected chi connectivity index (χ4v) is 3.86. The van der Waals surface area contributed by atoms with E-state index in [1.807, 2.05) is 0 Å². The summed E-state index contributed by atoms with van der Waals surface area (Å²) in [7, 11) is 0. The van der Waals surface area contributed by atoms with Crippen molar-refractivity contribution in [1.29, 1.82) is 0 Å². The lowest BCUT2D eigenvalue weighted by Gasteiger charge is -2.33. The van der Waals surface area contributed by atoms with Crippen molar-refractivity contribution in [2.75, 3.05) is 18.4 Å². The van der Waals surface area contributed by atoms with Gasteiger partial charge in [0.2, 0.25) is 0 Å². The van der Waals surface area contributed by atoms with E-state index >= 15 is 0 Å². The van der Waals surface area contributed by atoms with Crippen LogP contribution in [-0.2, 0) is 6.18 Å². The number of hydrogen-bond acceptors (Lipinski definition) is 3. The number of aromatic nitrogens is 2. The third-order valence-corrected chi connectivity index (χ3v) is 5.59. The second-order valence-electron chi connectivity index (χ2n) is 7.51. The van der Waals surface area contributed by atoms with E-state index in [1.165, 1.54) is 41.3 Å². The van der Waals surface area contributed by atoms with Crippen molar-refractivity contribution in [3.8, 4) is 5.69 Å². The summed E-state index contributed by atoms with van der Waals surface area (Å²) in [6, 6.07) is 11.7. The lowest BCUT2D eigenvalue weighted by molar-refractivity contribution is -0.143. The van der Waals surface area contributed by atoms with Crippen molar-refractivity contribution in [2.45, 2.75) is 25.1 Å². The van der Waals surface area contributed by atoms with E-state index in [4.69, 9.17) is 11.6 Å². The van der Waals surface area contributed by atoms with Crippen LogP contribution < -0.4 is 5.32 Å². The van der Waals surface area contributed by atoms with Crippen molar-refractivity contribution >= 4 is 23.2 Å². The van der Waals surface area contributed by atoms with Gasteiger partial charge in [-0.2, -0.15) is 18.3 Å². The number of anilines is 1. The van der Waals surface area contributed by atoms with Crippen LogP contribution in [0.25, 0.3) is 5.69 Å². The predicted octanol–water partition coefficient (Wildman–Crippen LogP) is 5.40. The second kappa shape index (κ2) is 8.82. The Morgan fingerprint density at radius 1 is 1.03 bits per heavy atom. The molecule has 3 aromatic rings. The number of halogens is 5. The first-order chi connectivity index (χ1) is 15.2. The van der Waals surface area contributed by atoms with Crippen molar-refractivity contribution in [3.05, 3.63) is 76.8 Å². The van der Waals surface area contributed by atoms with Gasteiger partial charge in [0.25, 0.3) is 5.91 Å². The molecule has 2 aromatic carbocycles. The summed E-state index contributed by atoms with van der Waals surface area (Å²) in [5.41, 5.74) is -0.698. The lowest BCUT2D eigenvalue weighted by atomic mass is 10.0. The van der Waals surface area contributed by atoms with Gasteiger partial charge in [-0.15, -0.1) is 0 Å². The topological polar surface area (TPSA) is 50.2 Å². The van der Waals surface area contributed by atoms with Crippen LogP contribution in [0.1, 0.15) is 28.9 Å². The largest absolute Gasteiger partial charge is 0.434 e. The monoisotopic (exact) mass is 466 g/mol. The van der Waals surface area contributed by atoms with Gasteiger partial charge in [0, 0.05) is 29.8 Å². The van der Waals surface area contributed by atoms with Crippen LogP contribution >= 0.6 is 11.6 Å². The Kier molecular flexibility index (Phi) is 6.10. The summed E-state index contributed by atoms with van der Waals surface area (Å²) < 4.78 is 55.4. The van der Waals surface area contributed by atoms with Gasteiger partial charge in [0.15, 0.2) is 5.69 Å². The molecule has 168 valence electrons. The van der Waals surface area contributed by atoms with Gasteiger partial charge in [-0.05, 0) is 61.4 Å². The molecule has 2 heterocycles. The maximum atomic E-state index is 13.9. The zero-order valence-electron chi connectivity index (χ0n) is 16.7. The van der Waals surface area contributed by atoms with Crippen LogP contribution in [0.15, 0.2) is 54.7 Å². The second-order valence-corrected chi connectivity index (χ2v) is 7.95. The van der Waals surface area contributed by atoms with Crippen molar-refractivity contribution in [2.24, 2.45) is 0 Å². The molecule has 0 saturated carbocycles. The molecule has 10 heteroatoms. The van der Waals surface area contributed by atoms with E-state index < -0.39 is 23.3 Å². The highest BCUT2D eigenvalue weighted by atomic mass is 35.5. The van der Waals surface area contributed by atoms with Gasteiger partial charge in [0.1, 0.15) is 5.82 Å².